The standard InChI is InChI=1S/C26H26F3NO2S/c1-30(17-19-8-4-2-5-9-19)18-22-13-12-21-16-23(33(31,32)26(27,28)29)14-15-24(21)25(22)20-10-6-3-7-11-20/h2-11,14-16,22,25H,12-13,17-18H2,1H3/t22-,25+/m1/s1. The summed E-state index contributed by atoms with van der Waals surface area (Å²) in [6, 6.07) is 24.0. The number of benzene rings is 3. The van der Waals surface area contributed by atoms with Gasteiger partial charge in [0.05, 0.1) is 4.90 Å². The van der Waals surface area contributed by atoms with Crippen molar-refractivity contribution in [3.8, 4) is 0 Å². The van der Waals surface area contributed by atoms with Gasteiger partial charge in [0.2, 0.25) is 0 Å². The molecule has 3 aromatic carbocycles. The molecule has 0 heterocycles. The molecule has 174 valence electrons. The normalized spacial score (nSPS) is 18.8. The lowest BCUT2D eigenvalue weighted by Gasteiger charge is -2.36. The van der Waals surface area contributed by atoms with Crippen LogP contribution < -0.4 is 0 Å². The highest BCUT2D eigenvalue weighted by molar-refractivity contribution is 7.92. The molecule has 33 heavy (non-hydrogen) atoms. The predicted octanol–water partition coefficient (Wildman–Crippen LogP) is 5.81. The van der Waals surface area contributed by atoms with Crippen molar-refractivity contribution in [1.82, 2.24) is 4.90 Å². The van der Waals surface area contributed by atoms with Crippen molar-refractivity contribution in [3.05, 3.63) is 101 Å². The van der Waals surface area contributed by atoms with Gasteiger partial charge in [-0.15, -0.1) is 0 Å². The van der Waals surface area contributed by atoms with Crippen LogP contribution in [0.2, 0.25) is 0 Å². The molecule has 1 aliphatic carbocycles. The van der Waals surface area contributed by atoms with Gasteiger partial charge >= 0.3 is 5.51 Å². The highest BCUT2D eigenvalue weighted by Crippen LogP contribution is 2.43. The van der Waals surface area contributed by atoms with E-state index in [-0.39, 0.29) is 11.8 Å². The molecular formula is C26H26F3NO2S. The quantitative estimate of drug-likeness (QED) is 0.454. The molecule has 3 aromatic rings. The minimum Gasteiger partial charge on any atom is -0.302 e. The average molecular weight is 474 g/mol. The van der Waals surface area contributed by atoms with E-state index in [2.05, 4.69) is 24.1 Å². The summed E-state index contributed by atoms with van der Waals surface area (Å²) in [5.74, 6) is 0.231. The van der Waals surface area contributed by atoms with E-state index in [4.69, 9.17) is 0 Å². The first-order chi connectivity index (χ1) is 15.7. The maximum absolute atomic E-state index is 13.1. The Morgan fingerprint density at radius 3 is 2.21 bits per heavy atom. The van der Waals surface area contributed by atoms with Crippen LogP contribution in [-0.4, -0.2) is 32.4 Å². The fraction of sp³-hybridized carbons (Fsp3) is 0.308. The van der Waals surface area contributed by atoms with Crippen LogP contribution in [-0.2, 0) is 22.8 Å². The van der Waals surface area contributed by atoms with E-state index in [1.807, 2.05) is 48.5 Å². The largest absolute Gasteiger partial charge is 0.501 e. The summed E-state index contributed by atoms with van der Waals surface area (Å²) < 4.78 is 63.1. The van der Waals surface area contributed by atoms with Crippen LogP contribution in [0.3, 0.4) is 0 Å². The number of rotatable bonds is 6. The van der Waals surface area contributed by atoms with Crippen LogP contribution in [0.15, 0.2) is 83.8 Å². The van der Waals surface area contributed by atoms with Gasteiger partial charge in [-0.05, 0) is 60.2 Å². The second-order valence-electron chi connectivity index (χ2n) is 8.68. The molecule has 0 radical (unpaired) electrons. The van der Waals surface area contributed by atoms with E-state index in [0.29, 0.717) is 12.0 Å². The Bertz CT molecular complexity index is 1200. The van der Waals surface area contributed by atoms with Gasteiger partial charge in [0.1, 0.15) is 0 Å². The van der Waals surface area contributed by atoms with Gasteiger partial charge in [-0.3, -0.25) is 0 Å². The van der Waals surface area contributed by atoms with Gasteiger partial charge < -0.3 is 4.90 Å². The molecule has 3 nitrogen and oxygen atoms in total. The summed E-state index contributed by atoms with van der Waals surface area (Å²) >= 11 is 0. The lowest BCUT2D eigenvalue weighted by atomic mass is 9.71. The van der Waals surface area contributed by atoms with Crippen molar-refractivity contribution in [2.45, 2.75) is 35.7 Å². The first kappa shape index (κ1) is 23.5. The van der Waals surface area contributed by atoms with E-state index in [1.54, 1.807) is 6.07 Å². The third-order valence-corrected chi connectivity index (χ3v) is 7.80. The number of hydrogen-bond acceptors (Lipinski definition) is 3. The summed E-state index contributed by atoms with van der Waals surface area (Å²) in [5.41, 5.74) is -1.42. The summed E-state index contributed by atoms with van der Waals surface area (Å²) in [7, 11) is -3.29. The number of sulfone groups is 1. The van der Waals surface area contributed by atoms with Crippen molar-refractivity contribution < 1.29 is 21.6 Å². The Kier molecular flexibility index (Phi) is 6.64. The molecule has 7 heteroatoms. The Labute approximate surface area is 192 Å². The zero-order valence-electron chi connectivity index (χ0n) is 18.3. The highest BCUT2D eigenvalue weighted by Gasteiger charge is 2.47. The van der Waals surface area contributed by atoms with Crippen molar-refractivity contribution in [2.75, 3.05) is 13.6 Å². The molecule has 0 unspecified atom stereocenters. The van der Waals surface area contributed by atoms with Gasteiger partial charge in [-0.2, -0.15) is 13.2 Å². The Balaban J connectivity index is 1.66. The minimum absolute atomic E-state index is 0.0178. The number of halogens is 3. The molecule has 0 saturated heterocycles. The fourth-order valence-corrected chi connectivity index (χ4v) is 5.64. The minimum atomic E-state index is -5.37. The molecule has 0 N–H and O–H groups in total. The molecule has 0 aromatic heterocycles. The van der Waals surface area contributed by atoms with Gasteiger partial charge in [0, 0.05) is 19.0 Å². The fourth-order valence-electron chi connectivity index (χ4n) is 4.83. The van der Waals surface area contributed by atoms with Gasteiger partial charge in [0.25, 0.3) is 9.84 Å². The van der Waals surface area contributed by atoms with Crippen LogP contribution >= 0.6 is 0 Å². The Hall–Kier alpha value is -2.64. The van der Waals surface area contributed by atoms with Gasteiger partial charge in [-0.25, -0.2) is 8.42 Å². The molecule has 4 rings (SSSR count). The monoisotopic (exact) mass is 473 g/mol. The van der Waals surface area contributed by atoms with E-state index < -0.39 is 20.2 Å². The zero-order chi connectivity index (χ0) is 23.6. The summed E-state index contributed by atoms with van der Waals surface area (Å²) in [4.78, 5) is 1.59. The molecule has 2 atom stereocenters. The van der Waals surface area contributed by atoms with Crippen molar-refractivity contribution in [2.24, 2.45) is 5.92 Å². The number of alkyl halides is 3. The first-order valence-corrected chi connectivity index (χ1v) is 12.4. The third kappa shape index (κ3) is 4.99. The number of nitrogens with zero attached hydrogens (tertiary/aromatic N) is 1. The number of hydrogen-bond donors (Lipinski definition) is 0. The number of fused-ring (bicyclic) bond motifs is 1. The van der Waals surface area contributed by atoms with Crippen molar-refractivity contribution in [1.29, 1.82) is 0 Å². The maximum Gasteiger partial charge on any atom is 0.501 e. The topological polar surface area (TPSA) is 37.4 Å². The van der Waals surface area contributed by atoms with Crippen LogP contribution in [0, 0.1) is 5.92 Å². The van der Waals surface area contributed by atoms with Crippen LogP contribution in [0.4, 0.5) is 13.2 Å². The van der Waals surface area contributed by atoms with Gasteiger partial charge in [-0.1, -0.05) is 66.7 Å². The second-order valence-corrected chi connectivity index (χ2v) is 10.6. The molecule has 1 aliphatic rings. The van der Waals surface area contributed by atoms with Crippen molar-refractivity contribution >= 4 is 9.84 Å². The Morgan fingerprint density at radius 2 is 1.58 bits per heavy atom. The summed E-state index contributed by atoms with van der Waals surface area (Å²) in [6.07, 6.45) is 1.31. The SMILES string of the molecule is CN(Cc1ccccc1)C[C@H]1CCc2cc(S(=O)(=O)C(F)(F)F)ccc2[C@H]1c1ccccc1. The Morgan fingerprint density at radius 1 is 0.939 bits per heavy atom. The first-order valence-electron chi connectivity index (χ1n) is 10.9. The summed E-state index contributed by atoms with van der Waals surface area (Å²) in [6.45, 7) is 1.62. The molecule has 0 amide bonds. The predicted molar refractivity (Wildman–Crippen MR) is 123 cm³/mol. The average Bonchev–Trinajstić information content (AvgIpc) is 2.79. The van der Waals surface area contributed by atoms with Gasteiger partial charge in [0.15, 0.2) is 0 Å². The molecule has 0 fully saturated rings. The molecular weight excluding hydrogens is 447 g/mol. The van der Waals surface area contributed by atoms with Crippen LogP contribution in [0.1, 0.15) is 34.6 Å². The lowest BCUT2D eigenvalue weighted by molar-refractivity contribution is -0.0436. The number of aryl methyl sites for hydroxylation is 1. The smallest absolute Gasteiger partial charge is 0.302 e. The third-order valence-electron chi connectivity index (χ3n) is 6.32. The molecule has 0 saturated carbocycles. The zero-order valence-corrected chi connectivity index (χ0v) is 19.1. The van der Waals surface area contributed by atoms with E-state index in [9.17, 15) is 21.6 Å². The van der Waals surface area contributed by atoms with Crippen LogP contribution in [0.25, 0.3) is 0 Å². The molecule has 0 bridgehead atoms. The second kappa shape index (κ2) is 9.31. The molecule has 0 aliphatic heterocycles. The van der Waals surface area contributed by atoms with E-state index in [1.165, 1.54) is 11.6 Å². The highest BCUT2D eigenvalue weighted by atomic mass is 32.2. The van der Waals surface area contributed by atoms with Crippen molar-refractivity contribution in [3.63, 3.8) is 0 Å². The van der Waals surface area contributed by atoms with E-state index in [0.717, 1.165) is 36.7 Å². The lowest BCUT2D eigenvalue weighted by Crippen LogP contribution is -2.33. The van der Waals surface area contributed by atoms with Crippen LogP contribution in [0.5, 0.6) is 0 Å². The summed E-state index contributed by atoms with van der Waals surface area (Å²) in [5, 5.41) is 0. The molecule has 0 spiro atoms. The van der Waals surface area contributed by atoms with E-state index >= 15 is 0 Å². The maximum atomic E-state index is 13.1.